The first-order valence-corrected chi connectivity index (χ1v) is 8.33. The zero-order valence-electron chi connectivity index (χ0n) is 13.7. The Hall–Kier alpha value is -2.14. The first-order chi connectivity index (χ1) is 11.4. The summed E-state index contributed by atoms with van der Waals surface area (Å²) in [5.74, 6) is 1.17. The van der Waals surface area contributed by atoms with Crippen LogP contribution in [0, 0.1) is 5.92 Å². The van der Waals surface area contributed by atoms with Crippen LogP contribution in [-0.2, 0) is 5.41 Å². The lowest BCUT2D eigenvalue weighted by atomic mass is 9.97. The van der Waals surface area contributed by atoms with E-state index in [1.807, 2.05) is 20.8 Å². The molecule has 0 amide bonds. The molecule has 1 aliphatic carbocycles. The van der Waals surface area contributed by atoms with Crippen LogP contribution in [0.15, 0.2) is 27.3 Å². The molecule has 2 heterocycles. The molecule has 0 atom stereocenters. The Labute approximate surface area is 144 Å². The second-order valence-corrected chi connectivity index (χ2v) is 7.66. The number of nitrogens with zero attached hydrogens (tertiary/aromatic N) is 2. The molecule has 1 aromatic carbocycles. The first-order valence-electron chi connectivity index (χ1n) is 7.95. The molecule has 0 bridgehead atoms. The summed E-state index contributed by atoms with van der Waals surface area (Å²) >= 11 is 6.28. The topological polar surface area (TPSA) is 69.1 Å². The van der Waals surface area contributed by atoms with Gasteiger partial charge in [0.15, 0.2) is 17.1 Å². The molecule has 1 saturated carbocycles. The van der Waals surface area contributed by atoms with E-state index < -0.39 is 0 Å². The predicted molar refractivity (Wildman–Crippen MR) is 90.3 cm³/mol. The Morgan fingerprint density at radius 2 is 2.04 bits per heavy atom. The Morgan fingerprint density at radius 3 is 2.71 bits per heavy atom. The van der Waals surface area contributed by atoms with E-state index in [0.717, 1.165) is 12.8 Å². The highest BCUT2D eigenvalue weighted by molar-refractivity contribution is 6.35. The van der Waals surface area contributed by atoms with E-state index >= 15 is 0 Å². The van der Waals surface area contributed by atoms with Gasteiger partial charge in [-0.3, -0.25) is 4.79 Å². The molecule has 0 N–H and O–H groups in total. The standard InChI is InChI=1S/C18H17ClN2O3/c1-18(2,3)17-21-13-12(19)7-6-10(16(13)23-17)15-11(8-20-24-15)14(22)9-4-5-9/h6-9H,4-5H2,1-3H3. The van der Waals surface area contributed by atoms with Crippen molar-refractivity contribution < 1.29 is 13.7 Å². The average molecular weight is 345 g/mol. The van der Waals surface area contributed by atoms with E-state index in [2.05, 4.69) is 10.1 Å². The van der Waals surface area contributed by atoms with Gasteiger partial charge in [-0.05, 0) is 25.0 Å². The van der Waals surface area contributed by atoms with E-state index in [-0.39, 0.29) is 17.1 Å². The number of hydrogen-bond acceptors (Lipinski definition) is 5. The van der Waals surface area contributed by atoms with Gasteiger partial charge in [0, 0.05) is 11.3 Å². The molecule has 6 heteroatoms. The minimum Gasteiger partial charge on any atom is -0.439 e. The van der Waals surface area contributed by atoms with E-state index in [1.54, 1.807) is 12.1 Å². The van der Waals surface area contributed by atoms with Crippen LogP contribution in [0.4, 0.5) is 0 Å². The minimum absolute atomic E-state index is 0.0740. The molecule has 4 rings (SSSR count). The van der Waals surface area contributed by atoms with Crippen molar-refractivity contribution in [3.05, 3.63) is 34.8 Å². The maximum Gasteiger partial charge on any atom is 0.200 e. The summed E-state index contributed by atoms with van der Waals surface area (Å²) in [7, 11) is 0. The number of carbonyl (C=O) groups is 1. The smallest absolute Gasteiger partial charge is 0.200 e. The number of ketones is 1. The third-order valence-corrected chi connectivity index (χ3v) is 4.47. The molecule has 0 radical (unpaired) electrons. The van der Waals surface area contributed by atoms with Gasteiger partial charge in [0.2, 0.25) is 5.89 Å². The molecule has 5 nitrogen and oxygen atoms in total. The number of Topliss-reactive ketones (excluding diaryl/α,β-unsaturated/α-hetero) is 1. The monoisotopic (exact) mass is 344 g/mol. The average Bonchev–Trinajstić information content (AvgIpc) is 3.07. The molecule has 0 unspecified atom stereocenters. The fourth-order valence-corrected chi connectivity index (χ4v) is 2.84. The van der Waals surface area contributed by atoms with Crippen LogP contribution in [0.25, 0.3) is 22.4 Å². The highest BCUT2D eigenvalue weighted by Gasteiger charge is 2.34. The Bertz CT molecular complexity index is 945. The molecule has 24 heavy (non-hydrogen) atoms. The van der Waals surface area contributed by atoms with Gasteiger partial charge in [-0.15, -0.1) is 0 Å². The van der Waals surface area contributed by atoms with E-state index in [0.29, 0.717) is 38.9 Å². The maximum atomic E-state index is 12.5. The van der Waals surface area contributed by atoms with Gasteiger partial charge < -0.3 is 8.94 Å². The lowest BCUT2D eigenvalue weighted by molar-refractivity contribution is 0.0968. The van der Waals surface area contributed by atoms with E-state index in [9.17, 15) is 4.79 Å². The highest BCUT2D eigenvalue weighted by atomic mass is 35.5. The maximum absolute atomic E-state index is 12.5. The molecule has 0 spiro atoms. The van der Waals surface area contributed by atoms with Crippen LogP contribution < -0.4 is 0 Å². The lowest BCUT2D eigenvalue weighted by Crippen LogP contribution is -2.10. The summed E-state index contributed by atoms with van der Waals surface area (Å²) in [5, 5.41) is 4.33. The summed E-state index contributed by atoms with van der Waals surface area (Å²) < 4.78 is 11.4. The summed E-state index contributed by atoms with van der Waals surface area (Å²) in [6.45, 7) is 6.05. The predicted octanol–water partition coefficient (Wildman–Crippen LogP) is 5.03. The van der Waals surface area contributed by atoms with Gasteiger partial charge in [0.25, 0.3) is 0 Å². The molecule has 0 aliphatic heterocycles. The Morgan fingerprint density at radius 1 is 1.29 bits per heavy atom. The number of aromatic nitrogens is 2. The normalized spacial score (nSPS) is 15.2. The van der Waals surface area contributed by atoms with Gasteiger partial charge in [0.05, 0.1) is 22.3 Å². The van der Waals surface area contributed by atoms with Crippen LogP contribution in [0.1, 0.15) is 49.9 Å². The number of carbonyl (C=O) groups excluding carboxylic acids is 1. The van der Waals surface area contributed by atoms with Crippen LogP contribution in [0.2, 0.25) is 5.02 Å². The Kier molecular flexibility index (Phi) is 3.32. The summed E-state index contributed by atoms with van der Waals surface area (Å²) in [4.78, 5) is 17.0. The summed E-state index contributed by atoms with van der Waals surface area (Å²) in [5.41, 5.74) is 1.98. The van der Waals surface area contributed by atoms with Crippen molar-refractivity contribution in [3.63, 3.8) is 0 Å². The zero-order chi connectivity index (χ0) is 17.1. The first kappa shape index (κ1) is 15.4. The number of hydrogen-bond donors (Lipinski definition) is 0. The van der Waals surface area contributed by atoms with Crippen molar-refractivity contribution >= 4 is 28.5 Å². The molecular formula is C18H17ClN2O3. The molecule has 1 fully saturated rings. The van der Waals surface area contributed by atoms with Crippen molar-refractivity contribution in [2.45, 2.75) is 39.0 Å². The fraction of sp³-hybridized carbons (Fsp3) is 0.389. The van der Waals surface area contributed by atoms with Crippen LogP contribution >= 0.6 is 11.6 Å². The van der Waals surface area contributed by atoms with Crippen molar-refractivity contribution in [3.8, 4) is 11.3 Å². The number of halogens is 1. The fourth-order valence-electron chi connectivity index (χ4n) is 2.65. The summed E-state index contributed by atoms with van der Waals surface area (Å²) in [6, 6.07) is 3.52. The highest BCUT2D eigenvalue weighted by Crippen LogP contribution is 2.40. The molecule has 3 aromatic rings. The largest absolute Gasteiger partial charge is 0.439 e. The molecular weight excluding hydrogens is 328 g/mol. The lowest BCUT2D eigenvalue weighted by Gasteiger charge is -2.11. The van der Waals surface area contributed by atoms with Gasteiger partial charge in [-0.25, -0.2) is 4.98 Å². The van der Waals surface area contributed by atoms with Gasteiger partial charge in [-0.1, -0.05) is 37.5 Å². The van der Waals surface area contributed by atoms with Crippen LogP contribution in [0.3, 0.4) is 0 Å². The third-order valence-electron chi connectivity index (χ3n) is 4.16. The second kappa shape index (κ2) is 5.18. The van der Waals surface area contributed by atoms with Crippen molar-refractivity contribution in [2.75, 3.05) is 0 Å². The second-order valence-electron chi connectivity index (χ2n) is 7.25. The van der Waals surface area contributed by atoms with E-state index in [4.69, 9.17) is 20.5 Å². The summed E-state index contributed by atoms with van der Waals surface area (Å²) in [6.07, 6.45) is 3.34. The third kappa shape index (κ3) is 2.44. The molecule has 1 aliphatic rings. The van der Waals surface area contributed by atoms with Crippen LogP contribution in [0.5, 0.6) is 0 Å². The van der Waals surface area contributed by atoms with Gasteiger partial charge in [-0.2, -0.15) is 0 Å². The Balaban J connectivity index is 1.92. The van der Waals surface area contributed by atoms with Crippen molar-refractivity contribution in [1.29, 1.82) is 0 Å². The van der Waals surface area contributed by atoms with Gasteiger partial charge >= 0.3 is 0 Å². The number of rotatable bonds is 3. The molecule has 124 valence electrons. The van der Waals surface area contributed by atoms with Crippen LogP contribution in [-0.4, -0.2) is 15.9 Å². The zero-order valence-corrected chi connectivity index (χ0v) is 14.5. The minimum atomic E-state index is -0.256. The van der Waals surface area contributed by atoms with Crippen molar-refractivity contribution in [1.82, 2.24) is 10.1 Å². The van der Waals surface area contributed by atoms with E-state index in [1.165, 1.54) is 6.20 Å². The number of benzene rings is 1. The van der Waals surface area contributed by atoms with Gasteiger partial charge in [0.1, 0.15) is 5.52 Å². The van der Waals surface area contributed by atoms with Crippen molar-refractivity contribution in [2.24, 2.45) is 5.92 Å². The SMILES string of the molecule is CC(C)(C)c1nc2c(Cl)ccc(-c3oncc3C(=O)C3CC3)c2o1. The quantitative estimate of drug-likeness (QED) is 0.623. The number of fused-ring (bicyclic) bond motifs is 1. The molecule has 0 saturated heterocycles. The molecule has 2 aromatic heterocycles. The number of oxazole rings is 1.